The van der Waals surface area contributed by atoms with Crippen molar-refractivity contribution < 1.29 is 4.42 Å². The highest BCUT2D eigenvalue weighted by molar-refractivity contribution is 6.16. The molecule has 0 bridgehead atoms. The fourth-order valence-electron chi connectivity index (χ4n) is 7.30. The Morgan fingerprint density at radius 2 is 1.04 bits per heavy atom. The van der Waals surface area contributed by atoms with Gasteiger partial charge in [0.05, 0.1) is 22.4 Å². The Hall–Kier alpha value is -6.78. The molecule has 0 N–H and O–H groups in total. The van der Waals surface area contributed by atoms with Crippen molar-refractivity contribution in [2.45, 2.75) is 0 Å². The Labute approximate surface area is 288 Å². The van der Waals surface area contributed by atoms with Gasteiger partial charge in [-0.05, 0) is 59.7 Å². The Kier molecular flexibility index (Phi) is 6.46. The standard InChI is InChI=1S/C46H29N3O/c1-3-13-30(14-4-1)32-17-11-18-33(27-32)39-29-40(48-46(47-39)31-15-5-2-6-16-31)36-21-12-23-42-45(36)37-20-7-9-22-41(37)49(42)34-25-26-44-38(28-34)35-19-8-10-24-43(35)50-44/h1-29H. The van der Waals surface area contributed by atoms with Crippen LogP contribution in [0.3, 0.4) is 0 Å². The van der Waals surface area contributed by atoms with Gasteiger partial charge in [0.2, 0.25) is 0 Å². The topological polar surface area (TPSA) is 43.9 Å². The minimum atomic E-state index is 0.696. The molecule has 0 radical (unpaired) electrons. The first-order valence-corrected chi connectivity index (χ1v) is 16.8. The van der Waals surface area contributed by atoms with Crippen LogP contribution >= 0.6 is 0 Å². The fraction of sp³-hybridized carbons (Fsp3) is 0. The first-order valence-electron chi connectivity index (χ1n) is 16.8. The van der Waals surface area contributed by atoms with Gasteiger partial charge in [0, 0.05) is 43.9 Å². The van der Waals surface area contributed by atoms with Crippen LogP contribution in [0, 0.1) is 0 Å². The number of para-hydroxylation sites is 2. The molecular formula is C46H29N3O. The monoisotopic (exact) mass is 639 g/mol. The summed E-state index contributed by atoms with van der Waals surface area (Å²) in [7, 11) is 0. The average molecular weight is 640 g/mol. The molecule has 4 nitrogen and oxygen atoms in total. The Morgan fingerprint density at radius 1 is 0.400 bits per heavy atom. The van der Waals surface area contributed by atoms with Gasteiger partial charge in [-0.1, -0.05) is 127 Å². The summed E-state index contributed by atoms with van der Waals surface area (Å²) in [5, 5.41) is 4.54. The van der Waals surface area contributed by atoms with Gasteiger partial charge in [0.1, 0.15) is 11.2 Å². The van der Waals surface area contributed by atoms with Crippen LogP contribution in [0.15, 0.2) is 180 Å². The average Bonchev–Trinajstić information content (AvgIpc) is 3.74. The molecular weight excluding hydrogens is 611 g/mol. The van der Waals surface area contributed by atoms with E-state index in [4.69, 9.17) is 14.4 Å². The second-order valence-electron chi connectivity index (χ2n) is 12.6. The summed E-state index contributed by atoms with van der Waals surface area (Å²) in [6.07, 6.45) is 0. The summed E-state index contributed by atoms with van der Waals surface area (Å²) >= 11 is 0. The van der Waals surface area contributed by atoms with Crippen LogP contribution in [0.5, 0.6) is 0 Å². The lowest BCUT2D eigenvalue weighted by molar-refractivity contribution is 0.669. The normalized spacial score (nSPS) is 11.6. The number of nitrogens with zero attached hydrogens (tertiary/aromatic N) is 3. The number of aromatic nitrogens is 3. The van der Waals surface area contributed by atoms with Gasteiger partial charge in [-0.2, -0.15) is 0 Å². The Bertz CT molecular complexity index is 2870. The van der Waals surface area contributed by atoms with Gasteiger partial charge in [-0.25, -0.2) is 9.97 Å². The molecule has 7 aromatic carbocycles. The van der Waals surface area contributed by atoms with Gasteiger partial charge in [0.15, 0.2) is 5.82 Å². The molecule has 3 aromatic heterocycles. The Morgan fingerprint density at radius 3 is 1.90 bits per heavy atom. The number of hydrogen-bond acceptors (Lipinski definition) is 3. The quantitative estimate of drug-likeness (QED) is 0.188. The fourth-order valence-corrected chi connectivity index (χ4v) is 7.30. The number of hydrogen-bond donors (Lipinski definition) is 0. The largest absolute Gasteiger partial charge is 0.456 e. The molecule has 234 valence electrons. The van der Waals surface area contributed by atoms with E-state index in [0.29, 0.717) is 5.82 Å². The van der Waals surface area contributed by atoms with Crippen molar-refractivity contribution in [2.75, 3.05) is 0 Å². The molecule has 50 heavy (non-hydrogen) atoms. The third-order valence-electron chi connectivity index (χ3n) is 9.62. The summed E-state index contributed by atoms with van der Waals surface area (Å²) in [5.74, 6) is 0.696. The van der Waals surface area contributed by atoms with E-state index < -0.39 is 0 Å². The Balaban J connectivity index is 1.21. The number of rotatable bonds is 5. The zero-order valence-electron chi connectivity index (χ0n) is 27.0. The predicted octanol–water partition coefficient (Wildman–Crippen LogP) is 12.1. The van der Waals surface area contributed by atoms with Crippen molar-refractivity contribution in [1.29, 1.82) is 0 Å². The van der Waals surface area contributed by atoms with Gasteiger partial charge in [0.25, 0.3) is 0 Å². The van der Waals surface area contributed by atoms with E-state index in [9.17, 15) is 0 Å². The summed E-state index contributed by atoms with van der Waals surface area (Å²) in [4.78, 5) is 10.4. The first kappa shape index (κ1) is 28.3. The lowest BCUT2D eigenvalue weighted by atomic mass is 9.99. The molecule has 3 heterocycles. The van der Waals surface area contributed by atoms with E-state index in [1.54, 1.807) is 0 Å². The van der Waals surface area contributed by atoms with E-state index in [2.05, 4.69) is 144 Å². The van der Waals surface area contributed by atoms with Gasteiger partial charge in [-0.15, -0.1) is 0 Å². The predicted molar refractivity (Wildman–Crippen MR) is 205 cm³/mol. The van der Waals surface area contributed by atoms with Crippen molar-refractivity contribution in [3.8, 4) is 50.7 Å². The first-order chi connectivity index (χ1) is 24.8. The summed E-state index contributed by atoms with van der Waals surface area (Å²) in [6.45, 7) is 0. The number of benzene rings is 7. The van der Waals surface area contributed by atoms with E-state index in [1.165, 1.54) is 10.9 Å². The van der Waals surface area contributed by atoms with Crippen LogP contribution in [0.4, 0.5) is 0 Å². The van der Waals surface area contributed by atoms with E-state index in [1.807, 2.05) is 36.4 Å². The summed E-state index contributed by atoms with van der Waals surface area (Å²) < 4.78 is 8.54. The zero-order chi connectivity index (χ0) is 33.0. The number of furan rings is 1. The second kappa shape index (κ2) is 11.4. The van der Waals surface area contributed by atoms with Gasteiger partial charge in [-0.3, -0.25) is 0 Å². The minimum Gasteiger partial charge on any atom is -0.456 e. The van der Waals surface area contributed by atoms with Crippen molar-refractivity contribution in [3.63, 3.8) is 0 Å². The van der Waals surface area contributed by atoms with Gasteiger partial charge < -0.3 is 8.98 Å². The molecule has 10 rings (SSSR count). The highest BCUT2D eigenvalue weighted by atomic mass is 16.3. The van der Waals surface area contributed by atoms with Gasteiger partial charge >= 0.3 is 0 Å². The molecule has 0 aliphatic carbocycles. The summed E-state index contributed by atoms with van der Waals surface area (Å²) in [6, 6.07) is 61.4. The SMILES string of the molecule is c1ccc(-c2cccc(-c3cc(-c4cccc5c4c4ccccc4n5-c4ccc5oc6ccccc6c5c4)nc(-c4ccccc4)n3)c2)cc1. The summed E-state index contributed by atoms with van der Waals surface area (Å²) in [5.41, 5.74) is 12.3. The van der Waals surface area contributed by atoms with E-state index in [-0.39, 0.29) is 0 Å². The molecule has 0 aliphatic heterocycles. The van der Waals surface area contributed by atoms with Crippen LogP contribution in [0.1, 0.15) is 0 Å². The van der Waals surface area contributed by atoms with Crippen molar-refractivity contribution >= 4 is 43.7 Å². The molecule has 0 fully saturated rings. The van der Waals surface area contributed by atoms with Crippen LogP contribution in [-0.4, -0.2) is 14.5 Å². The third-order valence-corrected chi connectivity index (χ3v) is 9.62. The highest BCUT2D eigenvalue weighted by Gasteiger charge is 2.19. The highest BCUT2D eigenvalue weighted by Crippen LogP contribution is 2.40. The van der Waals surface area contributed by atoms with Crippen LogP contribution in [0.25, 0.3) is 94.5 Å². The molecule has 0 atom stereocenters. The molecule has 4 heteroatoms. The minimum absolute atomic E-state index is 0.696. The lowest BCUT2D eigenvalue weighted by Crippen LogP contribution is -1.97. The van der Waals surface area contributed by atoms with Crippen molar-refractivity contribution in [3.05, 3.63) is 176 Å². The third kappa shape index (κ3) is 4.61. The van der Waals surface area contributed by atoms with Crippen LogP contribution in [0.2, 0.25) is 0 Å². The maximum absolute atomic E-state index is 6.18. The van der Waals surface area contributed by atoms with Crippen LogP contribution < -0.4 is 0 Å². The van der Waals surface area contributed by atoms with E-state index >= 15 is 0 Å². The smallest absolute Gasteiger partial charge is 0.160 e. The van der Waals surface area contributed by atoms with E-state index in [0.717, 1.165) is 77.7 Å². The maximum Gasteiger partial charge on any atom is 0.160 e. The maximum atomic E-state index is 6.18. The molecule has 0 unspecified atom stereocenters. The molecule has 0 aliphatic rings. The number of fused-ring (bicyclic) bond motifs is 6. The van der Waals surface area contributed by atoms with Crippen LogP contribution in [-0.2, 0) is 0 Å². The molecule has 0 saturated carbocycles. The molecule has 0 spiro atoms. The zero-order valence-corrected chi connectivity index (χ0v) is 27.0. The lowest BCUT2D eigenvalue weighted by Gasteiger charge is -2.12. The molecule has 0 amide bonds. The van der Waals surface area contributed by atoms with Crippen molar-refractivity contribution in [2.24, 2.45) is 0 Å². The van der Waals surface area contributed by atoms with Crippen molar-refractivity contribution in [1.82, 2.24) is 14.5 Å². The second-order valence-corrected chi connectivity index (χ2v) is 12.6. The molecule has 0 saturated heterocycles. The molecule has 10 aromatic rings.